The standard InChI is InChI=1S/C16H14ClFN2/c1-11(14-5-6-15(17)16(18)8-14)20-10-13-4-2-3-12(7-13)9-19/h2-8,11,20H,10H2,1H3. The lowest BCUT2D eigenvalue weighted by molar-refractivity contribution is 0.565. The van der Waals surface area contributed by atoms with Gasteiger partial charge in [0, 0.05) is 12.6 Å². The molecular weight excluding hydrogens is 275 g/mol. The highest BCUT2D eigenvalue weighted by Crippen LogP contribution is 2.20. The van der Waals surface area contributed by atoms with E-state index in [1.54, 1.807) is 18.2 Å². The summed E-state index contributed by atoms with van der Waals surface area (Å²) in [7, 11) is 0. The third-order valence-corrected chi connectivity index (χ3v) is 3.42. The van der Waals surface area contributed by atoms with Crippen LogP contribution in [-0.2, 0) is 6.54 Å². The van der Waals surface area contributed by atoms with E-state index in [9.17, 15) is 4.39 Å². The Morgan fingerprint density at radius 3 is 2.80 bits per heavy atom. The molecule has 0 spiro atoms. The fourth-order valence-electron chi connectivity index (χ4n) is 1.92. The highest BCUT2D eigenvalue weighted by molar-refractivity contribution is 6.30. The van der Waals surface area contributed by atoms with Crippen LogP contribution >= 0.6 is 11.6 Å². The molecule has 102 valence electrons. The zero-order valence-corrected chi connectivity index (χ0v) is 11.8. The molecule has 1 N–H and O–H groups in total. The molecule has 1 atom stereocenters. The van der Waals surface area contributed by atoms with Crippen molar-refractivity contribution in [3.8, 4) is 6.07 Å². The maximum absolute atomic E-state index is 13.4. The van der Waals surface area contributed by atoms with Gasteiger partial charge in [-0.1, -0.05) is 29.8 Å². The molecular formula is C16H14ClFN2. The van der Waals surface area contributed by atoms with E-state index in [1.165, 1.54) is 6.07 Å². The van der Waals surface area contributed by atoms with Gasteiger partial charge in [0.1, 0.15) is 5.82 Å². The molecule has 2 nitrogen and oxygen atoms in total. The zero-order chi connectivity index (χ0) is 14.5. The van der Waals surface area contributed by atoms with Crippen molar-refractivity contribution in [2.24, 2.45) is 0 Å². The van der Waals surface area contributed by atoms with Crippen molar-refractivity contribution in [3.63, 3.8) is 0 Å². The lowest BCUT2D eigenvalue weighted by Gasteiger charge is -2.15. The normalized spacial score (nSPS) is 11.9. The Kier molecular flexibility index (Phi) is 4.73. The summed E-state index contributed by atoms with van der Waals surface area (Å²) in [5, 5.41) is 12.3. The van der Waals surface area contributed by atoms with Gasteiger partial charge < -0.3 is 5.32 Å². The molecule has 0 aliphatic rings. The Morgan fingerprint density at radius 2 is 2.10 bits per heavy atom. The van der Waals surface area contributed by atoms with Crippen LogP contribution in [0, 0.1) is 17.1 Å². The van der Waals surface area contributed by atoms with Crippen LogP contribution in [0.4, 0.5) is 4.39 Å². The number of rotatable bonds is 4. The Balaban J connectivity index is 2.02. The lowest BCUT2D eigenvalue weighted by Crippen LogP contribution is -2.18. The van der Waals surface area contributed by atoms with E-state index < -0.39 is 5.82 Å². The molecule has 2 aromatic rings. The van der Waals surface area contributed by atoms with Gasteiger partial charge in [0.2, 0.25) is 0 Å². The van der Waals surface area contributed by atoms with E-state index in [-0.39, 0.29) is 11.1 Å². The molecule has 0 bridgehead atoms. The molecule has 0 heterocycles. The molecule has 0 saturated carbocycles. The van der Waals surface area contributed by atoms with Gasteiger partial charge in [-0.05, 0) is 42.3 Å². The van der Waals surface area contributed by atoms with Crippen molar-refractivity contribution in [1.82, 2.24) is 5.32 Å². The molecule has 0 aromatic heterocycles. The van der Waals surface area contributed by atoms with Crippen molar-refractivity contribution in [2.45, 2.75) is 19.5 Å². The number of benzene rings is 2. The summed E-state index contributed by atoms with van der Waals surface area (Å²) >= 11 is 5.67. The minimum atomic E-state index is -0.413. The quantitative estimate of drug-likeness (QED) is 0.915. The van der Waals surface area contributed by atoms with E-state index in [0.717, 1.165) is 11.1 Å². The van der Waals surface area contributed by atoms with Crippen molar-refractivity contribution in [3.05, 3.63) is 70.0 Å². The molecule has 0 amide bonds. The number of nitrogens with zero attached hydrogens (tertiary/aromatic N) is 1. The molecule has 0 radical (unpaired) electrons. The highest BCUT2D eigenvalue weighted by Gasteiger charge is 2.08. The maximum atomic E-state index is 13.4. The third-order valence-electron chi connectivity index (χ3n) is 3.11. The van der Waals surface area contributed by atoms with E-state index in [0.29, 0.717) is 12.1 Å². The zero-order valence-electron chi connectivity index (χ0n) is 11.0. The second kappa shape index (κ2) is 6.51. The first kappa shape index (κ1) is 14.5. The SMILES string of the molecule is CC(NCc1cccc(C#N)c1)c1ccc(Cl)c(F)c1. The van der Waals surface area contributed by atoms with Crippen LogP contribution < -0.4 is 5.32 Å². The minimum Gasteiger partial charge on any atom is -0.306 e. The Labute approximate surface area is 122 Å². The lowest BCUT2D eigenvalue weighted by atomic mass is 10.1. The van der Waals surface area contributed by atoms with Gasteiger partial charge in [0.15, 0.2) is 0 Å². The van der Waals surface area contributed by atoms with Crippen LogP contribution in [0.5, 0.6) is 0 Å². The summed E-state index contributed by atoms with van der Waals surface area (Å²) in [5.41, 5.74) is 2.49. The molecule has 2 rings (SSSR count). The third kappa shape index (κ3) is 3.57. The monoisotopic (exact) mass is 288 g/mol. The van der Waals surface area contributed by atoms with Gasteiger partial charge in [-0.2, -0.15) is 5.26 Å². The minimum absolute atomic E-state index is 0.00694. The number of nitrogens with one attached hydrogen (secondary N) is 1. The van der Waals surface area contributed by atoms with Crippen molar-refractivity contribution < 1.29 is 4.39 Å². The average molecular weight is 289 g/mol. The summed E-state index contributed by atoms with van der Waals surface area (Å²) < 4.78 is 13.4. The molecule has 20 heavy (non-hydrogen) atoms. The molecule has 4 heteroatoms. The van der Waals surface area contributed by atoms with Crippen LogP contribution in [0.1, 0.15) is 29.7 Å². The van der Waals surface area contributed by atoms with Crippen LogP contribution in [0.25, 0.3) is 0 Å². The van der Waals surface area contributed by atoms with Crippen molar-refractivity contribution >= 4 is 11.6 Å². The van der Waals surface area contributed by atoms with Gasteiger partial charge in [-0.25, -0.2) is 4.39 Å². The van der Waals surface area contributed by atoms with Crippen LogP contribution in [0.15, 0.2) is 42.5 Å². The summed E-state index contributed by atoms with van der Waals surface area (Å²) in [6.45, 7) is 2.57. The van der Waals surface area contributed by atoms with Crippen LogP contribution in [0.2, 0.25) is 5.02 Å². The predicted octanol–water partition coefficient (Wildman–Crippen LogP) is 4.20. The predicted molar refractivity (Wildman–Crippen MR) is 77.8 cm³/mol. The van der Waals surface area contributed by atoms with Crippen molar-refractivity contribution in [2.75, 3.05) is 0 Å². The van der Waals surface area contributed by atoms with E-state index >= 15 is 0 Å². The first-order valence-electron chi connectivity index (χ1n) is 6.27. The fraction of sp³-hybridized carbons (Fsp3) is 0.188. The van der Waals surface area contributed by atoms with E-state index in [2.05, 4.69) is 11.4 Å². The molecule has 0 fully saturated rings. The van der Waals surface area contributed by atoms with Crippen LogP contribution in [0.3, 0.4) is 0 Å². The van der Waals surface area contributed by atoms with Crippen molar-refractivity contribution in [1.29, 1.82) is 5.26 Å². The first-order chi connectivity index (χ1) is 9.60. The largest absolute Gasteiger partial charge is 0.306 e. The fourth-order valence-corrected chi connectivity index (χ4v) is 2.04. The first-order valence-corrected chi connectivity index (χ1v) is 6.65. The number of hydrogen-bond acceptors (Lipinski definition) is 2. The maximum Gasteiger partial charge on any atom is 0.142 e. The number of halogens is 2. The van der Waals surface area contributed by atoms with E-state index in [1.807, 2.05) is 25.1 Å². The van der Waals surface area contributed by atoms with Gasteiger partial charge in [0.05, 0.1) is 16.7 Å². The second-order valence-electron chi connectivity index (χ2n) is 4.59. The van der Waals surface area contributed by atoms with Gasteiger partial charge in [-0.3, -0.25) is 0 Å². The molecule has 2 aromatic carbocycles. The summed E-state index contributed by atoms with van der Waals surface area (Å²) in [5.74, 6) is -0.413. The van der Waals surface area contributed by atoms with E-state index in [4.69, 9.17) is 16.9 Å². The van der Waals surface area contributed by atoms with Gasteiger partial charge in [0.25, 0.3) is 0 Å². The molecule has 0 aliphatic carbocycles. The second-order valence-corrected chi connectivity index (χ2v) is 5.00. The Morgan fingerprint density at radius 1 is 1.30 bits per heavy atom. The van der Waals surface area contributed by atoms with Gasteiger partial charge in [-0.15, -0.1) is 0 Å². The summed E-state index contributed by atoms with van der Waals surface area (Å²) in [6, 6.07) is 14.3. The molecule has 0 saturated heterocycles. The Hall–Kier alpha value is -1.89. The highest BCUT2D eigenvalue weighted by atomic mass is 35.5. The van der Waals surface area contributed by atoms with Gasteiger partial charge >= 0.3 is 0 Å². The number of nitriles is 1. The summed E-state index contributed by atoms with van der Waals surface area (Å²) in [6.07, 6.45) is 0. The average Bonchev–Trinajstić information content (AvgIpc) is 2.47. The number of hydrogen-bond donors (Lipinski definition) is 1. The molecule has 1 unspecified atom stereocenters. The summed E-state index contributed by atoms with van der Waals surface area (Å²) in [4.78, 5) is 0. The van der Waals surface area contributed by atoms with Crippen LogP contribution in [-0.4, -0.2) is 0 Å². The smallest absolute Gasteiger partial charge is 0.142 e. The Bertz CT molecular complexity index is 649. The topological polar surface area (TPSA) is 35.8 Å². The molecule has 0 aliphatic heterocycles.